The molecule has 0 spiro atoms. The smallest absolute Gasteiger partial charge is 0.266 e. The number of aromatic nitrogens is 2. The van der Waals surface area contributed by atoms with E-state index in [1.165, 1.54) is 6.26 Å². The van der Waals surface area contributed by atoms with Gasteiger partial charge in [0.25, 0.3) is 5.89 Å². The van der Waals surface area contributed by atoms with Crippen molar-refractivity contribution in [2.24, 2.45) is 0 Å². The van der Waals surface area contributed by atoms with Crippen LogP contribution in [0.2, 0.25) is 0 Å². The van der Waals surface area contributed by atoms with Gasteiger partial charge in [-0.05, 0) is 38.0 Å². The minimum Gasteiger partial charge on any atom is -0.459 e. The number of carbonyl (C=O) groups is 1. The van der Waals surface area contributed by atoms with E-state index < -0.39 is 0 Å². The van der Waals surface area contributed by atoms with Crippen LogP contribution in [0.4, 0.5) is 11.7 Å². The lowest BCUT2D eigenvalue weighted by atomic mass is 10.2. The topological polar surface area (TPSA) is 136 Å². The third-order valence-electron chi connectivity index (χ3n) is 6.40. The first-order chi connectivity index (χ1) is 17.5. The van der Waals surface area contributed by atoms with Crippen LogP contribution >= 0.6 is 0 Å². The summed E-state index contributed by atoms with van der Waals surface area (Å²) in [5, 5.41) is 22.2. The van der Waals surface area contributed by atoms with E-state index in [-0.39, 0.29) is 24.0 Å². The quantitative estimate of drug-likeness (QED) is 0.448. The van der Waals surface area contributed by atoms with Crippen LogP contribution in [0, 0.1) is 36.5 Å². The first-order valence-electron chi connectivity index (χ1n) is 11.8. The van der Waals surface area contributed by atoms with Crippen molar-refractivity contribution in [2.45, 2.75) is 26.8 Å². The lowest BCUT2D eigenvalue weighted by molar-refractivity contribution is -0.117. The molecule has 0 saturated carbocycles. The number of carbonyl (C=O) groups excluding carboxylic acids is 1. The largest absolute Gasteiger partial charge is 0.459 e. The minimum absolute atomic E-state index is 0.178. The molecule has 0 atom stereocenters. The monoisotopic (exact) mass is 491 g/mol. The second-order valence-corrected chi connectivity index (χ2v) is 8.62. The molecule has 3 aromatic heterocycles. The molecule has 36 heavy (non-hydrogen) atoms. The van der Waals surface area contributed by atoms with Gasteiger partial charge in [-0.3, -0.25) is 9.69 Å². The fourth-order valence-electron chi connectivity index (χ4n) is 4.37. The van der Waals surface area contributed by atoms with E-state index in [1.807, 2.05) is 28.2 Å². The fraction of sp³-hybridized carbons (Fsp3) is 0.440. The van der Waals surface area contributed by atoms with Crippen LogP contribution in [0.1, 0.15) is 28.9 Å². The number of oxazole rings is 1. The van der Waals surface area contributed by atoms with Gasteiger partial charge in [0.05, 0.1) is 18.4 Å². The number of rotatable bonds is 9. The van der Waals surface area contributed by atoms with E-state index in [9.17, 15) is 15.3 Å². The summed E-state index contributed by atoms with van der Waals surface area (Å²) in [5.74, 6) is 1.50. The van der Waals surface area contributed by atoms with Gasteiger partial charge in [0.15, 0.2) is 5.76 Å². The predicted molar refractivity (Wildman–Crippen MR) is 131 cm³/mol. The second-order valence-electron chi connectivity index (χ2n) is 8.62. The molecule has 1 amide bonds. The molecular formula is C25H29N7O4. The van der Waals surface area contributed by atoms with Gasteiger partial charge in [-0.25, -0.2) is 0 Å². The zero-order chi connectivity index (χ0) is 25.7. The molecule has 4 rings (SSSR count). The molecule has 0 bridgehead atoms. The first kappa shape index (κ1) is 25.0. The summed E-state index contributed by atoms with van der Waals surface area (Å²) in [7, 11) is 1.65. The highest BCUT2D eigenvalue weighted by Gasteiger charge is 2.27. The van der Waals surface area contributed by atoms with Gasteiger partial charge >= 0.3 is 0 Å². The number of piperazine rings is 1. The van der Waals surface area contributed by atoms with Crippen LogP contribution in [0.3, 0.4) is 0 Å². The highest BCUT2D eigenvalue weighted by atomic mass is 16.5. The average molecular weight is 492 g/mol. The van der Waals surface area contributed by atoms with Gasteiger partial charge in [-0.15, -0.1) is 0 Å². The summed E-state index contributed by atoms with van der Waals surface area (Å²) in [6.07, 6.45) is 2.29. The summed E-state index contributed by atoms with van der Waals surface area (Å²) in [5.41, 5.74) is 2.52. The van der Waals surface area contributed by atoms with Crippen LogP contribution < -0.4 is 10.2 Å². The molecule has 188 valence electrons. The summed E-state index contributed by atoms with van der Waals surface area (Å²) >= 11 is 0. The molecule has 1 saturated heterocycles. The van der Waals surface area contributed by atoms with Gasteiger partial charge in [0.2, 0.25) is 17.5 Å². The fourth-order valence-corrected chi connectivity index (χ4v) is 4.37. The average Bonchev–Trinajstić information content (AvgIpc) is 3.60. The summed E-state index contributed by atoms with van der Waals surface area (Å²) in [6, 6.07) is 7.77. The third-order valence-corrected chi connectivity index (χ3v) is 6.40. The standard InChI is InChI=1S/C25H29N7O4/c1-17-18(2)32(7-5-12-34-3)23(19(17)14-26)29-22(33)16-30-8-10-31(11-9-30)25-20(15-27)28-24(36-25)21-6-4-13-35-21/h4,6,13H,5,7-12,16H2,1-3H3,(H,29,33). The van der Waals surface area contributed by atoms with Crippen LogP contribution in [0.5, 0.6) is 0 Å². The van der Waals surface area contributed by atoms with Crippen LogP contribution in [-0.2, 0) is 16.1 Å². The second kappa shape index (κ2) is 11.1. The van der Waals surface area contributed by atoms with Crippen LogP contribution in [0.15, 0.2) is 27.2 Å². The molecule has 11 heteroatoms. The molecule has 0 aliphatic carbocycles. The Balaban J connectivity index is 1.38. The van der Waals surface area contributed by atoms with Gasteiger partial charge in [-0.1, -0.05) is 0 Å². The van der Waals surface area contributed by atoms with Crippen molar-refractivity contribution >= 4 is 17.6 Å². The number of nitrogens with one attached hydrogen (secondary N) is 1. The van der Waals surface area contributed by atoms with Crippen LogP contribution in [0.25, 0.3) is 11.7 Å². The summed E-state index contributed by atoms with van der Waals surface area (Å²) in [6.45, 7) is 7.64. The lowest BCUT2D eigenvalue weighted by Crippen LogP contribution is -2.48. The van der Waals surface area contributed by atoms with Crippen molar-refractivity contribution in [3.05, 3.63) is 40.9 Å². The van der Waals surface area contributed by atoms with Gasteiger partial charge < -0.3 is 28.4 Å². The molecule has 1 fully saturated rings. The Kier molecular flexibility index (Phi) is 7.74. The number of furan rings is 1. The Morgan fingerprint density at radius 3 is 2.64 bits per heavy atom. The Morgan fingerprint density at radius 2 is 2.00 bits per heavy atom. The normalized spacial score (nSPS) is 14.0. The molecular weight excluding hydrogens is 462 g/mol. The lowest BCUT2D eigenvalue weighted by Gasteiger charge is -2.34. The Bertz CT molecular complexity index is 1290. The van der Waals surface area contributed by atoms with Gasteiger partial charge in [-0.2, -0.15) is 15.5 Å². The minimum atomic E-state index is -0.178. The van der Waals surface area contributed by atoms with E-state index in [0.29, 0.717) is 62.4 Å². The zero-order valence-electron chi connectivity index (χ0n) is 20.7. The molecule has 4 heterocycles. The maximum absolute atomic E-state index is 12.9. The zero-order valence-corrected chi connectivity index (χ0v) is 20.7. The number of methoxy groups -OCH3 is 1. The molecule has 0 unspecified atom stereocenters. The molecule has 0 aromatic carbocycles. The van der Waals surface area contributed by atoms with Gasteiger partial charge in [0, 0.05) is 52.1 Å². The highest BCUT2D eigenvalue weighted by Crippen LogP contribution is 2.29. The number of nitriles is 2. The maximum Gasteiger partial charge on any atom is 0.266 e. The number of hydrogen-bond donors (Lipinski definition) is 1. The van der Waals surface area contributed by atoms with Crippen molar-refractivity contribution in [3.63, 3.8) is 0 Å². The number of hydrogen-bond acceptors (Lipinski definition) is 9. The van der Waals surface area contributed by atoms with Crippen molar-refractivity contribution < 1.29 is 18.4 Å². The SMILES string of the molecule is COCCCn1c(C)c(C)c(C#N)c1NC(=O)CN1CCN(c2oc(-c3ccco3)nc2C#N)CC1. The molecule has 0 radical (unpaired) electrons. The summed E-state index contributed by atoms with van der Waals surface area (Å²) in [4.78, 5) is 21.2. The number of nitrogens with zero attached hydrogens (tertiary/aromatic N) is 6. The molecule has 11 nitrogen and oxygen atoms in total. The van der Waals surface area contributed by atoms with E-state index in [0.717, 1.165) is 17.7 Å². The van der Waals surface area contributed by atoms with E-state index in [2.05, 4.69) is 22.4 Å². The van der Waals surface area contributed by atoms with E-state index in [4.69, 9.17) is 13.6 Å². The molecule has 1 N–H and O–H groups in total. The van der Waals surface area contributed by atoms with Crippen molar-refractivity contribution in [2.75, 3.05) is 56.7 Å². The molecule has 1 aliphatic rings. The van der Waals surface area contributed by atoms with Crippen molar-refractivity contribution in [1.29, 1.82) is 10.5 Å². The predicted octanol–water partition coefficient (Wildman–Crippen LogP) is 2.89. The Hall–Kier alpha value is -4.06. The number of amides is 1. The highest BCUT2D eigenvalue weighted by molar-refractivity contribution is 5.93. The Morgan fingerprint density at radius 1 is 1.22 bits per heavy atom. The summed E-state index contributed by atoms with van der Waals surface area (Å²) < 4.78 is 18.3. The van der Waals surface area contributed by atoms with Gasteiger partial charge in [0.1, 0.15) is 18.0 Å². The molecule has 1 aliphatic heterocycles. The number of ether oxygens (including phenoxy) is 1. The third kappa shape index (κ3) is 5.13. The van der Waals surface area contributed by atoms with Crippen molar-refractivity contribution in [3.8, 4) is 23.8 Å². The maximum atomic E-state index is 12.9. The number of anilines is 2. The van der Waals surface area contributed by atoms with Crippen molar-refractivity contribution in [1.82, 2.24) is 14.5 Å². The Labute approximate surface area is 209 Å². The van der Waals surface area contributed by atoms with E-state index in [1.54, 1.807) is 19.2 Å². The first-order valence-corrected chi connectivity index (χ1v) is 11.8. The van der Waals surface area contributed by atoms with E-state index >= 15 is 0 Å². The van der Waals surface area contributed by atoms with Crippen LogP contribution in [-0.4, -0.2) is 66.8 Å². The molecule has 3 aromatic rings.